The molecule has 0 spiro atoms. The summed E-state index contributed by atoms with van der Waals surface area (Å²) < 4.78 is 6.83. The molecule has 1 saturated heterocycles. The van der Waals surface area contributed by atoms with Crippen molar-refractivity contribution in [2.75, 3.05) is 36.9 Å². The molecule has 2 aromatic heterocycles. The molecule has 4 rings (SSSR count). The summed E-state index contributed by atoms with van der Waals surface area (Å²) in [6.45, 7) is 6.06. The minimum atomic E-state index is -0.311. The number of anilines is 3. The number of hydrogen-bond donors (Lipinski definition) is 3. The zero-order valence-corrected chi connectivity index (χ0v) is 18.6. The molecule has 0 atom stereocenters. The normalized spacial score (nSPS) is 13.8. The number of aryl methyl sites for hydroxylation is 1. The van der Waals surface area contributed by atoms with E-state index in [2.05, 4.69) is 20.7 Å². The van der Waals surface area contributed by atoms with E-state index in [1.165, 1.54) is 17.5 Å². The summed E-state index contributed by atoms with van der Waals surface area (Å²) in [6.07, 6.45) is 3.20. The molecule has 1 aromatic carbocycles. The molecule has 32 heavy (non-hydrogen) atoms. The lowest BCUT2D eigenvalue weighted by Crippen LogP contribution is -2.42. The molecule has 10 nitrogen and oxygen atoms in total. The third kappa shape index (κ3) is 4.89. The van der Waals surface area contributed by atoms with E-state index in [4.69, 9.17) is 4.74 Å². The van der Waals surface area contributed by atoms with E-state index in [-0.39, 0.29) is 24.1 Å². The second kappa shape index (κ2) is 9.37. The zero-order chi connectivity index (χ0) is 22.7. The summed E-state index contributed by atoms with van der Waals surface area (Å²) in [6, 6.07) is 5.09. The number of carbonyl (C=O) groups excluding carboxylic acids is 2. The number of aromatic nitrogens is 3. The van der Waals surface area contributed by atoms with Gasteiger partial charge in [-0.3, -0.25) is 14.3 Å². The van der Waals surface area contributed by atoms with Gasteiger partial charge in [0.15, 0.2) is 10.9 Å². The third-order valence-electron chi connectivity index (χ3n) is 5.15. The molecule has 0 saturated carbocycles. The average molecular weight is 457 g/mol. The van der Waals surface area contributed by atoms with Crippen molar-refractivity contribution in [3.63, 3.8) is 0 Å². The van der Waals surface area contributed by atoms with Crippen molar-refractivity contribution < 1.29 is 19.4 Å². The number of ether oxygens (including phenoxy) is 1. The molecule has 0 unspecified atom stereocenters. The van der Waals surface area contributed by atoms with Crippen LogP contribution < -0.4 is 10.6 Å². The van der Waals surface area contributed by atoms with Crippen LogP contribution >= 0.6 is 11.3 Å². The largest absolute Gasteiger partial charge is 0.508 e. The number of rotatable bonds is 6. The van der Waals surface area contributed by atoms with Gasteiger partial charge in [-0.1, -0.05) is 17.4 Å². The molecule has 2 amide bonds. The van der Waals surface area contributed by atoms with Gasteiger partial charge in [-0.15, -0.1) is 0 Å². The summed E-state index contributed by atoms with van der Waals surface area (Å²) >= 11 is 1.18. The predicted molar refractivity (Wildman–Crippen MR) is 121 cm³/mol. The highest BCUT2D eigenvalue weighted by Crippen LogP contribution is 2.29. The highest BCUT2D eigenvalue weighted by Gasteiger charge is 2.18. The second-order valence-electron chi connectivity index (χ2n) is 7.40. The van der Waals surface area contributed by atoms with E-state index in [0.717, 1.165) is 5.56 Å². The van der Waals surface area contributed by atoms with E-state index in [1.54, 1.807) is 40.9 Å². The maximum Gasteiger partial charge on any atom is 0.267 e. The minimum absolute atomic E-state index is 0.00584. The smallest absolute Gasteiger partial charge is 0.267 e. The lowest BCUT2D eigenvalue weighted by Gasteiger charge is -2.26. The van der Waals surface area contributed by atoms with Crippen LogP contribution in [-0.2, 0) is 16.1 Å². The van der Waals surface area contributed by atoms with Crippen LogP contribution in [0.15, 0.2) is 30.6 Å². The van der Waals surface area contributed by atoms with Crippen LogP contribution in [0, 0.1) is 13.8 Å². The van der Waals surface area contributed by atoms with Gasteiger partial charge >= 0.3 is 0 Å². The number of aromatic hydroxyl groups is 1. The first kappa shape index (κ1) is 21.8. The molecule has 0 bridgehead atoms. The SMILES string of the molecule is Cc1ccc(O)c(C)c1NC(=O)c1cnc(Nc2ccn(CC(=O)N3CCOCC3)n2)s1. The van der Waals surface area contributed by atoms with Crippen molar-refractivity contribution in [1.29, 1.82) is 0 Å². The number of benzene rings is 1. The molecule has 1 aliphatic heterocycles. The van der Waals surface area contributed by atoms with E-state index in [0.29, 0.717) is 53.4 Å². The Balaban J connectivity index is 1.37. The summed E-state index contributed by atoms with van der Waals surface area (Å²) in [5.41, 5.74) is 2.05. The van der Waals surface area contributed by atoms with Crippen LogP contribution in [0.4, 0.5) is 16.6 Å². The van der Waals surface area contributed by atoms with Gasteiger partial charge in [0.2, 0.25) is 5.91 Å². The number of amides is 2. The van der Waals surface area contributed by atoms with Gasteiger partial charge in [-0.05, 0) is 25.5 Å². The van der Waals surface area contributed by atoms with Gasteiger partial charge in [-0.25, -0.2) is 4.98 Å². The molecule has 3 heterocycles. The Morgan fingerprint density at radius 2 is 2.00 bits per heavy atom. The molecular weight excluding hydrogens is 432 g/mol. The Bertz CT molecular complexity index is 1140. The van der Waals surface area contributed by atoms with Gasteiger partial charge in [0.25, 0.3) is 5.91 Å². The van der Waals surface area contributed by atoms with Crippen LogP contribution in [0.1, 0.15) is 20.8 Å². The van der Waals surface area contributed by atoms with Gasteiger partial charge in [0.1, 0.15) is 17.2 Å². The number of nitrogens with zero attached hydrogens (tertiary/aromatic N) is 4. The quantitative estimate of drug-likeness (QED) is 0.521. The molecule has 0 aliphatic carbocycles. The predicted octanol–water partition coefficient (Wildman–Crippen LogP) is 2.52. The maximum absolute atomic E-state index is 12.7. The first-order chi connectivity index (χ1) is 15.4. The number of phenols is 1. The van der Waals surface area contributed by atoms with E-state index >= 15 is 0 Å². The Morgan fingerprint density at radius 1 is 1.22 bits per heavy atom. The van der Waals surface area contributed by atoms with Crippen molar-refractivity contribution in [3.8, 4) is 5.75 Å². The molecule has 168 valence electrons. The number of nitrogens with one attached hydrogen (secondary N) is 2. The number of phenolic OH excluding ortho intramolecular Hbond substituents is 1. The number of thiazole rings is 1. The summed E-state index contributed by atoms with van der Waals surface area (Å²) in [5, 5.41) is 20.7. The lowest BCUT2D eigenvalue weighted by atomic mass is 10.1. The zero-order valence-electron chi connectivity index (χ0n) is 17.8. The van der Waals surface area contributed by atoms with Crippen molar-refractivity contribution in [3.05, 3.63) is 46.6 Å². The first-order valence-corrected chi connectivity index (χ1v) is 10.9. The maximum atomic E-state index is 12.7. The molecule has 3 aromatic rings. The third-order valence-corrected chi connectivity index (χ3v) is 6.06. The first-order valence-electron chi connectivity index (χ1n) is 10.1. The summed E-state index contributed by atoms with van der Waals surface area (Å²) in [7, 11) is 0. The molecule has 11 heteroatoms. The second-order valence-corrected chi connectivity index (χ2v) is 8.43. The standard InChI is InChI=1S/C21H24N6O4S/c1-13-3-4-15(28)14(2)19(13)24-20(30)16-11-22-21(32-16)23-17-5-6-27(25-17)12-18(29)26-7-9-31-10-8-26/h3-6,11,28H,7-10,12H2,1-2H3,(H,24,30)(H,22,23,25). The Hall–Kier alpha value is -3.44. The number of morpholine rings is 1. The van der Waals surface area contributed by atoms with Crippen LogP contribution in [0.2, 0.25) is 0 Å². The van der Waals surface area contributed by atoms with Crippen molar-refractivity contribution in [2.24, 2.45) is 0 Å². The van der Waals surface area contributed by atoms with Crippen LogP contribution in [0.25, 0.3) is 0 Å². The van der Waals surface area contributed by atoms with Gasteiger partial charge in [0.05, 0.1) is 25.1 Å². The van der Waals surface area contributed by atoms with Crippen molar-refractivity contribution >= 4 is 39.8 Å². The molecule has 3 N–H and O–H groups in total. The van der Waals surface area contributed by atoms with E-state index in [9.17, 15) is 14.7 Å². The summed E-state index contributed by atoms with van der Waals surface area (Å²) in [4.78, 5) is 31.4. The Kier molecular flexibility index (Phi) is 6.37. The molecule has 1 fully saturated rings. The number of carbonyl (C=O) groups is 2. The van der Waals surface area contributed by atoms with Crippen LogP contribution in [-0.4, -0.2) is 62.9 Å². The number of hydrogen-bond acceptors (Lipinski definition) is 8. The van der Waals surface area contributed by atoms with Gasteiger partial charge in [0, 0.05) is 30.9 Å². The van der Waals surface area contributed by atoms with E-state index < -0.39 is 0 Å². The summed E-state index contributed by atoms with van der Waals surface area (Å²) in [5.74, 6) is 0.337. The van der Waals surface area contributed by atoms with Crippen LogP contribution in [0.3, 0.4) is 0 Å². The molecule has 0 radical (unpaired) electrons. The lowest BCUT2D eigenvalue weighted by molar-refractivity contribution is -0.136. The monoisotopic (exact) mass is 456 g/mol. The molecule has 1 aliphatic rings. The van der Waals surface area contributed by atoms with Gasteiger partial charge < -0.3 is 25.4 Å². The van der Waals surface area contributed by atoms with E-state index in [1.807, 2.05) is 6.92 Å². The van der Waals surface area contributed by atoms with Crippen LogP contribution in [0.5, 0.6) is 5.75 Å². The topological polar surface area (TPSA) is 122 Å². The molecular formula is C21H24N6O4S. The van der Waals surface area contributed by atoms with Gasteiger partial charge in [-0.2, -0.15) is 5.10 Å². The fourth-order valence-corrected chi connectivity index (χ4v) is 4.04. The van der Waals surface area contributed by atoms with Crippen molar-refractivity contribution in [1.82, 2.24) is 19.7 Å². The highest BCUT2D eigenvalue weighted by molar-refractivity contribution is 7.17. The Morgan fingerprint density at radius 3 is 2.78 bits per heavy atom. The highest BCUT2D eigenvalue weighted by atomic mass is 32.1. The fraction of sp³-hybridized carbons (Fsp3) is 0.333. The Labute approximate surface area is 188 Å². The minimum Gasteiger partial charge on any atom is -0.508 e. The fourth-order valence-electron chi connectivity index (χ4n) is 3.32. The van der Waals surface area contributed by atoms with Crippen molar-refractivity contribution in [2.45, 2.75) is 20.4 Å². The average Bonchev–Trinajstić information content (AvgIpc) is 3.44.